The number of benzene rings is 2. The number of amides is 1. The van der Waals surface area contributed by atoms with Crippen LogP contribution in [0.15, 0.2) is 59.0 Å². The van der Waals surface area contributed by atoms with Gasteiger partial charge in [-0.05, 0) is 53.1 Å². The lowest BCUT2D eigenvalue weighted by Crippen LogP contribution is -2.34. The topological polar surface area (TPSA) is 69.9 Å². The van der Waals surface area contributed by atoms with E-state index < -0.39 is 6.36 Å². The van der Waals surface area contributed by atoms with Crippen LogP contribution in [0.3, 0.4) is 0 Å². The normalized spacial score (nSPS) is 15.2. The standard InChI is InChI=1S/C23H20F3NO5/c1-29-13-18-6-8-21(30-18)22(28)27-12-19-11-16-9-15(5-7-20(16)31-19)14-3-2-4-17(10-14)32-23(24,25)26/h2-10,19H,11-13H2,1H3,(H,27,28)/t19-/m0/s1. The van der Waals surface area contributed by atoms with Gasteiger partial charge in [0.15, 0.2) is 5.76 Å². The molecule has 0 saturated heterocycles. The van der Waals surface area contributed by atoms with Crippen LogP contribution in [0.2, 0.25) is 0 Å². The molecule has 3 aromatic rings. The number of ether oxygens (including phenoxy) is 3. The third kappa shape index (κ3) is 5.23. The minimum absolute atomic E-state index is 0.191. The lowest BCUT2D eigenvalue weighted by molar-refractivity contribution is -0.274. The van der Waals surface area contributed by atoms with Crippen molar-refractivity contribution in [3.63, 3.8) is 0 Å². The summed E-state index contributed by atoms with van der Waals surface area (Å²) in [7, 11) is 1.54. The number of fused-ring (bicyclic) bond motifs is 1. The Morgan fingerprint density at radius 2 is 1.94 bits per heavy atom. The van der Waals surface area contributed by atoms with Gasteiger partial charge >= 0.3 is 6.36 Å². The molecular weight excluding hydrogens is 427 g/mol. The first-order chi connectivity index (χ1) is 15.3. The summed E-state index contributed by atoms with van der Waals surface area (Å²) < 4.78 is 57.7. The fraction of sp³-hybridized carbons (Fsp3) is 0.261. The predicted octanol–water partition coefficient (Wildman–Crippen LogP) is 4.73. The van der Waals surface area contributed by atoms with Crippen molar-refractivity contribution in [3.05, 3.63) is 71.7 Å². The Hall–Kier alpha value is -3.46. The zero-order valence-corrected chi connectivity index (χ0v) is 17.1. The highest BCUT2D eigenvalue weighted by atomic mass is 19.4. The number of methoxy groups -OCH3 is 1. The molecule has 0 unspecified atom stereocenters. The van der Waals surface area contributed by atoms with Crippen molar-refractivity contribution in [3.8, 4) is 22.6 Å². The van der Waals surface area contributed by atoms with Crippen molar-refractivity contribution in [2.45, 2.75) is 25.5 Å². The van der Waals surface area contributed by atoms with Gasteiger partial charge in [-0.2, -0.15) is 0 Å². The highest BCUT2D eigenvalue weighted by Crippen LogP contribution is 2.34. The molecule has 1 atom stereocenters. The molecular formula is C23H20F3NO5. The number of halogens is 3. The molecule has 6 nitrogen and oxygen atoms in total. The third-order valence-electron chi connectivity index (χ3n) is 4.86. The van der Waals surface area contributed by atoms with Crippen LogP contribution in [0, 0.1) is 0 Å². The van der Waals surface area contributed by atoms with E-state index in [4.69, 9.17) is 13.9 Å². The average molecular weight is 447 g/mol. The van der Waals surface area contributed by atoms with Crippen LogP contribution in [-0.4, -0.2) is 32.0 Å². The molecule has 0 aliphatic carbocycles. The van der Waals surface area contributed by atoms with Crippen molar-refractivity contribution in [1.29, 1.82) is 0 Å². The van der Waals surface area contributed by atoms with Crippen LogP contribution >= 0.6 is 0 Å². The van der Waals surface area contributed by atoms with Gasteiger partial charge in [0.2, 0.25) is 0 Å². The van der Waals surface area contributed by atoms with Crippen LogP contribution in [-0.2, 0) is 17.8 Å². The number of rotatable bonds is 7. The van der Waals surface area contributed by atoms with Crippen LogP contribution in [0.1, 0.15) is 21.9 Å². The average Bonchev–Trinajstić information content (AvgIpc) is 3.37. The predicted molar refractivity (Wildman–Crippen MR) is 108 cm³/mol. The third-order valence-corrected chi connectivity index (χ3v) is 4.86. The van der Waals surface area contributed by atoms with Gasteiger partial charge in [0, 0.05) is 13.5 Å². The number of nitrogens with one attached hydrogen (secondary N) is 1. The molecule has 0 bridgehead atoms. The van der Waals surface area contributed by atoms with E-state index in [1.165, 1.54) is 25.3 Å². The van der Waals surface area contributed by atoms with E-state index >= 15 is 0 Å². The summed E-state index contributed by atoms with van der Waals surface area (Å²) in [5.41, 5.74) is 2.24. The van der Waals surface area contributed by atoms with Crippen LogP contribution in [0.5, 0.6) is 11.5 Å². The molecule has 1 N–H and O–H groups in total. The molecule has 2 aromatic carbocycles. The van der Waals surface area contributed by atoms with E-state index in [1.54, 1.807) is 30.3 Å². The first-order valence-corrected chi connectivity index (χ1v) is 9.82. The van der Waals surface area contributed by atoms with E-state index in [0.717, 1.165) is 11.1 Å². The molecule has 2 heterocycles. The van der Waals surface area contributed by atoms with Crippen LogP contribution in [0.25, 0.3) is 11.1 Å². The van der Waals surface area contributed by atoms with Gasteiger partial charge in [0.1, 0.15) is 30.0 Å². The van der Waals surface area contributed by atoms with E-state index in [1.807, 2.05) is 6.07 Å². The van der Waals surface area contributed by atoms with Gasteiger partial charge in [0.25, 0.3) is 5.91 Å². The quantitative estimate of drug-likeness (QED) is 0.567. The van der Waals surface area contributed by atoms with Crippen molar-refractivity contribution in [2.75, 3.05) is 13.7 Å². The summed E-state index contributed by atoms with van der Waals surface area (Å²) in [4.78, 5) is 12.3. The second-order valence-electron chi connectivity index (χ2n) is 7.25. The lowest BCUT2D eigenvalue weighted by atomic mass is 10.0. The number of hydrogen-bond donors (Lipinski definition) is 1. The molecule has 0 radical (unpaired) electrons. The second-order valence-corrected chi connectivity index (χ2v) is 7.25. The second kappa shape index (κ2) is 8.96. The fourth-order valence-electron chi connectivity index (χ4n) is 3.50. The van der Waals surface area contributed by atoms with Crippen molar-refractivity contribution in [1.82, 2.24) is 5.32 Å². The molecule has 1 aromatic heterocycles. The first-order valence-electron chi connectivity index (χ1n) is 9.82. The van der Waals surface area contributed by atoms with Crippen LogP contribution in [0.4, 0.5) is 13.2 Å². The Bertz CT molecular complexity index is 1110. The summed E-state index contributed by atoms with van der Waals surface area (Å²) in [6, 6.07) is 14.5. The number of carbonyl (C=O) groups is 1. The first kappa shape index (κ1) is 21.8. The molecule has 168 valence electrons. The van der Waals surface area contributed by atoms with Crippen LogP contribution < -0.4 is 14.8 Å². The summed E-state index contributed by atoms with van der Waals surface area (Å²) in [5, 5.41) is 2.79. The smallest absolute Gasteiger partial charge is 0.488 e. The van der Waals surface area contributed by atoms with Crippen molar-refractivity contribution in [2.24, 2.45) is 0 Å². The van der Waals surface area contributed by atoms with Crippen molar-refractivity contribution >= 4 is 5.91 Å². The van der Waals surface area contributed by atoms with E-state index in [2.05, 4.69) is 10.1 Å². The maximum Gasteiger partial charge on any atom is 0.573 e. The van der Waals surface area contributed by atoms with Gasteiger partial charge in [-0.3, -0.25) is 4.79 Å². The van der Waals surface area contributed by atoms with E-state index in [0.29, 0.717) is 23.5 Å². The van der Waals surface area contributed by atoms with Crippen molar-refractivity contribution < 1.29 is 36.6 Å². The SMILES string of the molecule is COCc1ccc(C(=O)NC[C@@H]2Cc3cc(-c4cccc(OC(F)(F)F)c4)ccc3O2)o1. The highest BCUT2D eigenvalue weighted by Gasteiger charge is 2.31. The summed E-state index contributed by atoms with van der Waals surface area (Å²) in [6.45, 7) is 0.556. The number of hydrogen-bond acceptors (Lipinski definition) is 5. The van der Waals surface area contributed by atoms with Gasteiger partial charge in [-0.25, -0.2) is 0 Å². The zero-order valence-electron chi connectivity index (χ0n) is 17.1. The molecule has 1 aliphatic rings. The molecule has 0 saturated carbocycles. The molecule has 9 heteroatoms. The maximum atomic E-state index is 12.5. The van der Waals surface area contributed by atoms with Gasteiger partial charge in [-0.1, -0.05) is 18.2 Å². The molecule has 1 amide bonds. The Kier molecular flexibility index (Phi) is 6.09. The molecule has 4 rings (SSSR count). The monoisotopic (exact) mass is 447 g/mol. The number of alkyl halides is 3. The highest BCUT2D eigenvalue weighted by molar-refractivity contribution is 5.91. The summed E-state index contributed by atoms with van der Waals surface area (Å²) in [6.07, 6.45) is -4.46. The van der Waals surface area contributed by atoms with E-state index in [9.17, 15) is 18.0 Å². The van der Waals surface area contributed by atoms with E-state index in [-0.39, 0.29) is 36.7 Å². The van der Waals surface area contributed by atoms with Gasteiger partial charge < -0.3 is 23.9 Å². The summed E-state index contributed by atoms with van der Waals surface area (Å²) in [5.74, 6) is 0.791. The minimum atomic E-state index is -4.75. The lowest BCUT2D eigenvalue weighted by Gasteiger charge is -2.11. The minimum Gasteiger partial charge on any atom is -0.488 e. The largest absolute Gasteiger partial charge is 0.573 e. The molecule has 0 spiro atoms. The number of furan rings is 1. The zero-order chi connectivity index (χ0) is 22.7. The Balaban J connectivity index is 1.38. The molecule has 0 fully saturated rings. The summed E-state index contributed by atoms with van der Waals surface area (Å²) >= 11 is 0. The van der Waals surface area contributed by atoms with Gasteiger partial charge in [0.05, 0.1) is 6.54 Å². The van der Waals surface area contributed by atoms with Gasteiger partial charge in [-0.15, -0.1) is 13.2 Å². The molecule has 32 heavy (non-hydrogen) atoms. The Labute approximate surface area is 181 Å². The maximum absolute atomic E-state index is 12.5. The fourth-order valence-corrected chi connectivity index (χ4v) is 3.50. The Morgan fingerprint density at radius 1 is 1.12 bits per heavy atom. The molecule has 1 aliphatic heterocycles. The Morgan fingerprint density at radius 3 is 2.72 bits per heavy atom. The number of carbonyl (C=O) groups excluding carboxylic acids is 1.